The second-order valence-corrected chi connectivity index (χ2v) is 9.66. The van der Waals surface area contributed by atoms with Crippen molar-refractivity contribution in [3.63, 3.8) is 0 Å². The number of aromatic amines is 1. The number of carbonyl (C=O) groups is 2. The van der Waals surface area contributed by atoms with Crippen LogP contribution in [0, 0.1) is 5.92 Å². The monoisotopic (exact) mass is 454 g/mol. The zero-order chi connectivity index (χ0) is 20.8. The van der Waals surface area contributed by atoms with Gasteiger partial charge in [-0.2, -0.15) is 0 Å². The topological polar surface area (TPSA) is 70.2 Å². The molecule has 2 aliphatic rings. The number of allylic oxidation sites excluding steroid dienone is 1. The third-order valence-corrected chi connectivity index (χ3v) is 7.92. The van der Waals surface area contributed by atoms with Gasteiger partial charge in [0.15, 0.2) is 0 Å². The van der Waals surface area contributed by atoms with Crippen molar-refractivity contribution in [1.82, 2.24) is 4.98 Å². The van der Waals surface area contributed by atoms with Crippen LogP contribution in [0.3, 0.4) is 0 Å². The SMILES string of the molecule is O=C1[C@@H]2[C@H](Sc3[nH]c(=O)sc3[C@@H]2/C=C/c2ccccc2)C(=O)N1c1ccc(Cl)cc1. The fourth-order valence-corrected chi connectivity index (χ4v) is 6.50. The minimum atomic E-state index is -0.587. The lowest BCUT2D eigenvalue weighted by atomic mass is 9.88. The normalized spacial score (nSPS) is 23.1. The van der Waals surface area contributed by atoms with Crippen molar-refractivity contribution in [2.75, 3.05) is 4.90 Å². The summed E-state index contributed by atoms with van der Waals surface area (Å²) < 4.78 is 0. The van der Waals surface area contributed by atoms with Gasteiger partial charge in [0.05, 0.1) is 16.6 Å². The first-order valence-electron chi connectivity index (χ1n) is 9.29. The van der Waals surface area contributed by atoms with Crippen LogP contribution in [0.5, 0.6) is 0 Å². The number of anilines is 1. The minimum absolute atomic E-state index is 0.181. The van der Waals surface area contributed by atoms with Crippen molar-refractivity contribution >= 4 is 58.3 Å². The summed E-state index contributed by atoms with van der Waals surface area (Å²) in [5.41, 5.74) is 1.50. The minimum Gasteiger partial charge on any atom is -0.307 e. The number of nitrogens with one attached hydrogen (secondary N) is 1. The number of hydrogen-bond acceptors (Lipinski definition) is 5. The lowest BCUT2D eigenvalue weighted by Gasteiger charge is -2.27. The molecule has 0 unspecified atom stereocenters. The molecular weight excluding hydrogens is 440 g/mol. The second kappa shape index (κ2) is 7.58. The maximum Gasteiger partial charge on any atom is 0.305 e. The molecule has 1 fully saturated rings. The summed E-state index contributed by atoms with van der Waals surface area (Å²) in [4.78, 5) is 43.3. The Hall–Kier alpha value is -2.61. The molecular formula is C22H15ClN2O3S2. The zero-order valence-electron chi connectivity index (χ0n) is 15.4. The molecule has 30 heavy (non-hydrogen) atoms. The predicted octanol–water partition coefficient (Wildman–Crippen LogP) is 4.55. The molecule has 2 aromatic carbocycles. The molecule has 0 aliphatic carbocycles. The Balaban J connectivity index is 1.57. The van der Waals surface area contributed by atoms with Gasteiger partial charge >= 0.3 is 4.87 Å². The second-order valence-electron chi connectivity index (χ2n) is 7.06. The molecule has 1 aromatic heterocycles. The molecule has 3 aromatic rings. The molecule has 5 nitrogen and oxygen atoms in total. The van der Waals surface area contributed by atoms with Crippen molar-refractivity contribution in [2.45, 2.75) is 16.2 Å². The van der Waals surface area contributed by atoms with E-state index in [-0.39, 0.29) is 22.6 Å². The van der Waals surface area contributed by atoms with Gasteiger partial charge in [-0.25, -0.2) is 4.90 Å². The Kier molecular flexibility index (Phi) is 4.89. The van der Waals surface area contributed by atoms with Gasteiger partial charge in [-0.15, -0.1) is 0 Å². The Morgan fingerprint density at radius 3 is 2.43 bits per heavy atom. The highest BCUT2D eigenvalue weighted by Crippen LogP contribution is 2.51. The van der Waals surface area contributed by atoms with E-state index >= 15 is 0 Å². The number of hydrogen-bond donors (Lipinski definition) is 1. The molecule has 2 aliphatic heterocycles. The van der Waals surface area contributed by atoms with Crippen LogP contribution in [0.25, 0.3) is 6.08 Å². The van der Waals surface area contributed by atoms with E-state index in [4.69, 9.17) is 11.6 Å². The Morgan fingerprint density at radius 2 is 1.70 bits per heavy atom. The largest absolute Gasteiger partial charge is 0.307 e. The quantitative estimate of drug-likeness (QED) is 0.589. The van der Waals surface area contributed by atoms with Crippen LogP contribution in [-0.4, -0.2) is 22.0 Å². The van der Waals surface area contributed by atoms with Crippen LogP contribution in [0.2, 0.25) is 5.02 Å². The van der Waals surface area contributed by atoms with Gasteiger partial charge in [-0.1, -0.05) is 77.2 Å². The molecule has 8 heteroatoms. The van der Waals surface area contributed by atoms with Crippen LogP contribution in [0.1, 0.15) is 16.4 Å². The number of aromatic nitrogens is 1. The third kappa shape index (κ3) is 3.23. The number of benzene rings is 2. The number of imide groups is 1. The van der Waals surface area contributed by atoms with Gasteiger partial charge in [-0.3, -0.25) is 14.4 Å². The molecule has 0 spiro atoms. The van der Waals surface area contributed by atoms with Crippen molar-refractivity contribution in [2.24, 2.45) is 5.92 Å². The number of rotatable bonds is 3. The molecule has 0 saturated carbocycles. The molecule has 3 heterocycles. The van der Waals surface area contributed by atoms with E-state index < -0.39 is 11.2 Å². The first kappa shape index (κ1) is 19.4. The summed E-state index contributed by atoms with van der Waals surface area (Å²) in [5, 5.41) is 0.623. The molecule has 1 saturated heterocycles. The number of thiazole rings is 1. The van der Waals surface area contributed by atoms with Crippen LogP contribution in [-0.2, 0) is 9.59 Å². The first-order valence-corrected chi connectivity index (χ1v) is 11.4. The number of halogens is 1. The summed E-state index contributed by atoms with van der Waals surface area (Å²) in [6, 6.07) is 16.4. The summed E-state index contributed by atoms with van der Waals surface area (Å²) >= 11 is 8.33. The predicted molar refractivity (Wildman–Crippen MR) is 120 cm³/mol. The van der Waals surface area contributed by atoms with Crippen LogP contribution in [0.15, 0.2) is 70.5 Å². The summed E-state index contributed by atoms with van der Waals surface area (Å²) in [7, 11) is 0. The number of carbonyl (C=O) groups excluding carboxylic acids is 2. The lowest BCUT2D eigenvalue weighted by molar-refractivity contribution is -0.122. The van der Waals surface area contributed by atoms with Crippen molar-refractivity contribution < 1.29 is 9.59 Å². The number of H-pyrrole nitrogens is 1. The fourth-order valence-electron chi connectivity index (χ4n) is 3.89. The van der Waals surface area contributed by atoms with Gasteiger partial charge < -0.3 is 4.98 Å². The van der Waals surface area contributed by atoms with Crippen LogP contribution >= 0.6 is 34.7 Å². The molecule has 3 atom stereocenters. The summed E-state index contributed by atoms with van der Waals surface area (Å²) in [5.74, 6) is -1.46. The summed E-state index contributed by atoms with van der Waals surface area (Å²) in [6.45, 7) is 0. The zero-order valence-corrected chi connectivity index (χ0v) is 17.8. The van der Waals surface area contributed by atoms with E-state index in [1.54, 1.807) is 24.3 Å². The van der Waals surface area contributed by atoms with Crippen molar-refractivity contribution in [3.8, 4) is 0 Å². The van der Waals surface area contributed by atoms with Gasteiger partial charge in [0.25, 0.3) is 0 Å². The molecule has 0 bridgehead atoms. The smallest absolute Gasteiger partial charge is 0.305 e. The first-order chi connectivity index (χ1) is 14.5. The molecule has 0 radical (unpaired) electrons. The lowest BCUT2D eigenvalue weighted by Crippen LogP contribution is -2.31. The Morgan fingerprint density at radius 1 is 0.967 bits per heavy atom. The van der Waals surface area contributed by atoms with Crippen LogP contribution < -0.4 is 9.77 Å². The number of nitrogens with zero attached hydrogens (tertiary/aromatic N) is 1. The van der Waals surface area contributed by atoms with Gasteiger partial charge in [0.2, 0.25) is 11.8 Å². The highest BCUT2D eigenvalue weighted by Gasteiger charge is 2.55. The molecule has 1 N–H and O–H groups in total. The maximum atomic E-state index is 13.4. The molecule has 2 amide bonds. The fraction of sp³-hybridized carbons (Fsp3) is 0.136. The van der Waals surface area contributed by atoms with Gasteiger partial charge in [-0.05, 0) is 29.8 Å². The number of amides is 2. The number of fused-ring (bicyclic) bond motifs is 2. The van der Waals surface area contributed by atoms with E-state index in [1.807, 2.05) is 42.5 Å². The average Bonchev–Trinajstić information content (AvgIpc) is 3.24. The highest BCUT2D eigenvalue weighted by molar-refractivity contribution is 8.00. The maximum absolute atomic E-state index is 13.4. The number of thioether (sulfide) groups is 1. The van der Waals surface area contributed by atoms with E-state index in [9.17, 15) is 14.4 Å². The van der Waals surface area contributed by atoms with Crippen LogP contribution in [0.4, 0.5) is 5.69 Å². The molecule has 5 rings (SSSR count). The van der Waals surface area contributed by atoms with E-state index in [0.29, 0.717) is 15.7 Å². The van der Waals surface area contributed by atoms with E-state index in [0.717, 1.165) is 21.8 Å². The summed E-state index contributed by atoms with van der Waals surface area (Å²) in [6.07, 6.45) is 3.88. The van der Waals surface area contributed by atoms with Gasteiger partial charge in [0.1, 0.15) is 5.25 Å². The van der Waals surface area contributed by atoms with Gasteiger partial charge in [0, 0.05) is 15.8 Å². The third-order valence-electron chi connectivity index (χ3n) is 5.25. The Bertz CT molecular complexity index is 1220. The average molecular weight is 455 g/mol. The standard InChI is InChI=1S/C22H15ClN2O3S2/c23-13-7-9-14(10-8-13)25-20(26)16-15(11-6-12-4-2-1-3-5-12)17-19(24-22(28)30-17)29-18(16)21(25)27/h1-11,15-16,18H,(H,24,28)/b11-6+/t15-,16+,18+/m1/s1. The van der Waals surface area contributed by atoms with E-state index in [1.165, 1.54) is 16.7 Å². The van der Waals surface area contributed by atoms with E-state index in [2.05, 4.69) is 4.98 Å². The van der Waals surface area contributed by atoms with Crippen molar-refractivity contribution in [3.05, 3.63) is 85.8 Å². The van der Waals surface area contributed by atoms with Crippen molar-refractivity contribution in [1.29, 1.82) is 0 Å². The Labute approximate surface area is 185 Å². The highest BCUT2D eigenvalue weighted by atomic mass is 35.5. The molecule has 150 valence electrons.